The van der Waals surface area contributed by atoms with E-state index in [4.69, 9.17) is 0 Å². The van der Waals surface area contributed by atoms with Crippen LogP contribution in [-0.2, 0) is 4.79 Å². The van der Waals surface area contributed by atoms with Gasteiger partial charge in [-0.1, -0.05) is 19.3 Å². The highest BCUT2D eigenvalue weighted by Gasteiger charge is 2.44. The average Bonchev–Trinajstić information content (AvgIpc) is 2.53. The van der Waals surface area contributed by atoms with Gasteiger partial charge in [0.15, 0.2) is 0 Å². The monoisotopic (exact) mass is 264 g/mol. The fourth-order valence-electron chi connectivity index (χ4n) is 2.61. The summed E-state index contributed by atoms with van der Waals surface area (Å²) in [4.78, 5) is 25.1. The molecule has 102 valence electrons. The minimum Gasteiger partial charge on any atom is -0.306 e. The molecular weight excluding hydrogens is 249 g/mol. The van der Waals surface area contributed by atoms with Crippen molar-refractivity contribution in [2.24, 2.45) is 0 Å². The number of urea groups is 1. The molecule has 1 aliphatic carbocycles. The number of amides is 3. The molecule has 0 spiro atoms. The van der Waals surface area contributed by atoms with E-state index in [1.54, 1.807) is 0 Å². The van der Waals surface area contributed by atoms with Gasteiger partial charge in [-0.3, -0.25) is 9.69 Å². The van der Waals surface area contributed by atoms with Gasteiger partial charge in [-0.25, -0.2) is 4.79 Å². The Morgan fingerprint density at radius 1 is 1.11 bits per heavy atom. The van der Waals surface area contributed by atoms with Crippen LogP contribution in [0.25, 0.3) is 0 Å². The summed E-state index contributed by atoms with van der Waals surface area (Å²) in [6.45, 7) is -1.80. The van der Waals surface area contributed by atoms with Gasteiger partial charge in [-0.2, -0.15) is 13.2 Å². The number of halogens is 3. The van der Waals surface area contributed by atoms with Crippen LogP contribution in [0.3, 0.4) is 0 Å². The summed E-state index contributed by atoms with van der Waals surface area (Å²) < 4.78 is 36.8. The normalized spacial score (nSPS) is 23.1. The number of nitrogens with zero attached hydrogens (tertiary/aromatic N) is 2. The molecule has 4 nitrogen and oxygen atoms in total. The first kappa shape index (κ1) is 13.2. The standard InChI is InChI=1S/C11H15F3N2O2/c12-11(13,14)7-15-6-9(17)16(10(15)18)8-4-2-1-3-5-8/h8H,1-7H2. The topological polar surface area (TPSA) is 40.6 Å². The minimum atomic E-state index is -4.46. The third-order valence-electron chi connectivity index (χ3n) is 3.38. The van der Waals surface area contributed by atoms with E-state index in [2.05, 4.69) is 0 Å². The molecule has 0 radical (unpaired) electrons. The molecule has 0 bridgehead atoms. The van der Waals surface area contributed by atoms with Crippen LogP contribution in [0.1, 0.15) is 32.1 Å². The van der Waals surface area contributed by atoms with Gasteiger partial charge in [0.1, 0.15) is 13.1 Å². The van der Waals surface area contributed by atoms with Gasteiger partial charge in [0.05, 0.1) is 0 Å². The second-order valence-electron chi connectivity index (χ2n) is 4.81. The van der Waals surface area contributed by atoms with Crippen LogP contribution in [0, 0.1) is 0 Å². The van der Waals surface area contributed by atoms with Crippen molar-refractivity contribution < 1.29 is 22.8 Å². The van der Waals surface area contributed by atoms with Crippen LogP contribution in [-0.4, -0.2) is 47.0 Å². The number of alkyl halides is 3. The molecule has 0 aromatic heterocycles. The van der Waals surface area contributed by atoms with Crippen molar-refractivity contribution in [3.05, 3.63) is 0 Å². The quantitative estimate of drug-likeness (QED) is 0.717. The Balaban J connectivity index is 2.04. The molecule has 2 fully saturated rings. The number of carbonyl (C=O) groups excluding carboxylic acids is 2. The van der Waals surface area contributed by atoms with Crippen molar-refractivity contribution in [3.8, 4) is 0 Å². The van der Waals surface area contributed by atoms with Crippen LogP contribution < -0.4 is 0 Å². The maximum Gasteiger partial charge on any atom is 0.406 e. The van der Waals surface area contributed by atoms with Gasteiger partial charge in [0.2, 0.25) is 0 Å². The molecule has 0 aromatic rings. The molecule has 2 rings (SSSR count). The lowest BCUT2D eigenvalue weighted by Crippen LogP contribution is -2.43. The van der Waals surface area contributed by atoms with Gasteiger partial charge in [-0.05, 0) is 12.8 Å². The van der Waals surface area contributed by atoms with Crippen molar-refractivity contribution >= 4 is 11.9 Å². The van der Waals surface area contributed by atoms with Crippen molar-refractivity contribution in [1.29, 1.82) is 0 Å². The SMILES string of the molecule is O=C1CN(CC(F)(F)F)C(=O)N1C1CCCCC1. The minimum absolute atomic E-state index is 0.211. The van der Waals surface area contributed by atoms with E-state index in [0.717, 1.165) is 24.2 Å². The van der Waals surface area contributed by atoms with E-state index < -0.39 is 31.2 Å². The maximum atomic E-state index is 12.3. The molecule has 1 saturated carbocycles. The highest BCUT2D eigenvalue weighted by molar-refractivity contribution is 6.02. The smallest absolute Gasteiger partial charge is 0.306 e. The summed E-state index contributed by atoms with van der Waals surface area (Å²) in [6.07, 6.45) is -0.159. The molecule has 0 unspecified atom stereocenters. The highest BCUT2D eigenvalue weighted by Crippen LogP contribution is 2.27. The van der Waals surface area contributed by atoms with Crippen LogP contribution in [0.15, 0.2) is 0 Å². The number of imide groups is 1. The third kappa shape index (κ3) is 2.76. The van der Waals surface area contributed by atoms with Crippen molar-refractivity contribution in [1.82, 2.24) is 9.80 Å². The Bertz CT molecular complexity index is 351. The number of hydrogen-bond acceptors (Lipinski definition) is 2. The predicted octanol–water partition coefficient (Wildman–Crippen LogP) is 2.15. The lowest BCUT2D eigenvalue weighted by atomic mass is 9.94. The molecule has 2 aliphatic rings. The van der Waals surface area contributed by atoms with Gasteiger partial charge in [0.25, 0.3) is 5.91 Å². The molecule has 0 aromatic carbocycles. The number of carbonyl (C=O) groups is 2. The Kier molecular flexibility index (Phi) is 3.49. The second kappa shape index (κ2) is 4.78. The summed E-state index contributed by atoms with van der Waals surface area (Å²) in [5.74, 6) is -0.504. The molecule has 7 heteroatoms. The highest BCUT2D eigenvalue weighted by atomic mass is 19.4. The zero-order valence-electron chi connectivity index (χ0n) is 9.87. The fourth-order valence-corrected chi connectivity index (χ4v) is 2.61. The Morgan fingerprint density at radius 3 is 2.28 bits per heavy atom. The van der Waals surface area contributed by atoms with Gasteiger partial charge >= 0.3 is 12.2 Å². The van der Waals surface area contributed by atoms with E-state index in [9.17, 15) is 22.8 Å². The Hall–Kier alpha value is -1.27. The average molecular weight is 264 g/mol. The maximum absolute atomic E-state index is 12.3. The molecule has 1 saturated heterocycles. The third-order valence-corrected chi connectivity index (χ3v) is 3.38. The zero-order chi connectivity index (χ0) is 13.3. The first-order chi connectivity index (χ1) is 8.38. The van der Waals surface area contributed by atoms with Crippen LogP contribution >= 0.6 is 0 Å². The van der Waals surface area contributed by atoms with Crippen LogP contribution in [0.4, 0.5) is 18.0 Å². The van der Waals surface area contributed by atoms with Crippen LogP contribution in [0.2, 0.25) is 0 Å². The lowest BCUT2D eigenvalue weighted by Gasteiger charge is -2.29. The van der Waals surface area contributed by atoms with Crippen molar-refractivity contribution in [2.45, 2.75) is 44.3 Å². The summed E-state index contributed by atoms with van der Waals surface area (Å²) in [5, 5.41) is 0. The number of rotatable bonds is 2. The van der Waals surface area contributed by atoms with Gasteiger partial charge < -0.3 is 4.90 Å². The molecule has 0 atom stereocenters. The number of hydrogen-bond donors (Lipinski definition) is 0. The molecular formula is C11H15F3N2O2. The first-order valence-electron chi connectivity index (χ1n) is 6.06. The van der Waals surface area contributed by atoms with Crippen LogP contribution in [0.5, 0.6) is 0 Å². The Labute approximate surface area is 103 Å². The first-order valence-corrected chi connectivity index (χ1v) is 6.06. The summed E-state index contributed by atoms with van der Waals surface area (Å²) in [7, 11) is 0. The molecule has 0 N–H and O–H groups in total. The zero-order valence-corrected chi connectivity index (χ0v) is 9.87. The lowest BCUT2D eigenvalue weighted by molar-refractivity contribution is -0.139. The predicted molar refractivity (Wildman–Crippen MR) is 56.7 cm³/mol. The van der Waals surface area contributed by atoms with Gasteiger partial charge in [-0.15, -0.1) is 0 Å². The summed E-state index contributed by atoms with van der Waals surface area (Å²) >= 11 is 0. The van der Waals surface area contributed by atoms with Crippen molar-refractivity contribution in [3.63, 3.8) is 0 Å². The van der Waals surface area contributed by atoms with E-state index in [1.807, 2.05) is 0 Å². The molecule has 1 heterocycles. The Morgan fingerprint density at radius 2 is 1.72 bits per heavy atom. The summed E-state index contributed by atoms with van der Waals surface area (Å²) in [5.41, 5.74) is 0. The molecule has 1 aliphatic heterocycles. The van der Waals surface area contributed by atoms with Crippen molar-refractivity contribution in [2.75, 3.05) is 13.1 Å². The van der Waals surface area contributed by atoms with E-state index >= 15 is 0 Å². The summed E-state index contributed by atoms with van der Waals surface area (Å²) in [6, 6.07) is -0.999. The largest absolute Gasteiger partial charge is 0.406 e. The second-order valence-corrected chi connectivity index (χ2v) is 4.81. The fraction of sp³-hybridized carbons (Fsp3) is 0.818. The van der Waals surface area contributed by atoms with Gasteiger partial charge in [0, 0.05) is 6.04 Å². The molecule has 3 amide bonds. The van der Waals surface area contributed by atoms with E-state index in [-0.39, 0.29) is 6.04 Å². The molecule has 18 heavy (non-hydrogen) atoms. The van der Waals surface area contributed by atoms with E-state index in [1.165, 1.54) is 0 Å². The van der Waals surface area contributed by atoms with E-state index in [0.29, 0.717) is 17.7 Å².